The van der Waals surface area contributed by atoms with Gasteiger partial charge in [-0.2, -0.15) is 0 Å². The molecule has 0 radical (unpaired) electrons. The molecule has 0 aromatic heterocycles. The highest BCUT2D eigenvalue weighted by Gasteiger charge is 2.32. The Bertz CT molecular complexity index is 165. The van der Waals surface area contributed by atoms with E-state index in [0.29, 0.717) is 12.1 Å². The summed E-state index contributed by atoms with van der Waals surface area (Å²) in [6.45, 7) is 9.36. The van der Waals surface area contributed by atoms with E-state index in [2.05, 4.69) is 23.6 Å². The third-order valence-corrected chi connectivity index (χ3v) is 3.04. The van der Waals surface area contributed by atoms with Gasteiger partial charge in [0.1, 0.15) is 12.5 Å². The molecule has 0 spiro atoms. The van der Waals surface area contributed by atoms with Crippen LogP contribution in [0.3, 0.4) is 0 Å². The first-order valence-electron chi connectivity index (χ1n) is 5.31. The van der Waals surface area contributed by atoms with Crippen LogP contribution < -0.4 is 0 Å². The van der Waals surface area contributed by atoms with Gasteiger partial charge in [-0.3, -0.25) is 9.80 Å². The number of nitrogens with zero attached hydrogens (tertiary/aromatic N) is 2. The fourth-order valence-corrected chi connectivity index (χ4v) is 2.22. The van der Waals surface area contributed by atoms with Gasteiger partial charge in [0.2, 0.25) is 0 Å². The van der Waals surface area contributed by atoms with E-state index >= 15 is 0 Å². The Morgan fingerprint density at radius 3 is 1.43 bits per heavy atom. The van der Waals surface area contributed by atoms with Crippen molar-refractivity contribution in [3.05, 3.63) is 0 Å². The van der Waals surface area contributed by atoms with Crippen LogP contribution >= 0.6 is 0 Å². The number of aliphatic hydroxyl groups is 2. The molecule has 0 bridgehead atoms. The molecule has 4 unspecified atom stereocenters. The Kier molecular flexibility index (Phi) is 3.89. The molecule has 0 aromatic carbocycles. The summed E-state index contributed by atoms with van der Waals surface area (Å²) >= 11 is 0. The van der Waals surface area contributed by atoms with Crippen LogP contribution in [0.4, 0.5) is 0 Å². The summed E-state index contributed by atoms with van der Waals surface area (Å²) in [7, 11) is 0. The van der Waals surface area contributed by atoms with Gasteiger partial charge in [-0.05, 0) is 27.7 Å². The van der Waals surface area contributed by atoms with Crippen LogP contribution in [0, 0.1) is 0 Å². The van der Waals surface area contributed by atoms with Gasteiger partial charge in [0.25, 0.3) is 0 Å². The van der Waals surface area contributed by atoms with Gasteiger partial charge in [0, 0.05) is 25.2 Å². The van der Waals surface area contributed by atoms with E-state index in [1.165, 1.54) is 0 Å². The molecule has 4 atom stereocenters. The van der Waals surface area contributed by atoms with E-state index < -0.39 is 12.5 Å². The molecule has 14 heavy (non-hydrogen) atoms. The van der Waals surface area contributed by atoms with Gasteiger partial charge in [-0.25, -0.2) is 0 Å². The van der Waals surface area contributed by atoms with Gasteiger partial charge < -0.3 is 10.2 Å². The second kappa shape index (κ2) is 4.57. The third kappa shape index (κ3) is 2.45. The normalized spacial score (nSPS) is 35.6. The van der Waals surface area contributed by atoms with Crippen molar-refractivity contribution in [3.8, 4) is 0 Å². The lowest BCUT2D eigenvalue weighted by molar-refractivity contribution is -0.104. The average molecular weight is 202 g/mol. The summed E-state index contributed by atoms with van der Waals surface area (Å²) in [5, 5.41) is 19.1. The Morgan fingerprint density at radius 2 is 1.21 bits per heavy atom. The zero-order valence-electron chi connectivity index (χ0n) is 9.51. The topological polar surface area (TPSA) is 46.9 Å². The fourth-order valence-electron chi connectivity index (χ4n) is 2.22. The van der Waals surface area contributed by atoms with Crippen molar-refractivity contribution in [2.24, 2.45) is 0 Å². The van der Waals surface area contributed by atoms with Crippen molar-refractivity contribution >= 4 is 0 Å². The van der Waals surface area contributed by atoms with Crippen molar-refractivity contribution in [2.45, 2.75) is 52.2 Å². The van der Waals surface area contributed by atoms with Crippen molar-refractivity contribution in [1.29, 1.82) is 0 Å². The molecule has 0 saturated carbocycles. The molecule has 1 rings (SSSR count). The minimum absolute atomic E-state index is 0.292. The predicted molar refractivity (Wildman–Crippen MR) is 55.7 cm³/mol. The van der Waals surface area contributed by atoms with Gasteiger partial charge in [-0.15, -0.1) is 0 Å². The summed E-state index contributed by atoms with van der Waals surface area (Å²) in [6, 6.07) is 0.585. The van der Waals surface area contributed by atoms with E-state index in [-0.39, 0.29) is 0 Å². The summed E-state index contributed by atoms with van der Waals surface area (Å²) in [5.74, 6) is 0. The van der Waals surface area contributed by atoms with Crippen LogP contribution in [0.25, 0.3) is 0 Å². The lowest BCUT2D eigenvalue weighted by Gasteiger charge is -2.46. The molecule has 0 aliphatic carbocycles. The van der Waals surface area contributed by atoms with E-state index in [1.54, 1.807) is 13.8 Å². The standard InChI is InChI=1S/C10H22N2O2/c1-7-5-12(10(4)14)8(2)6-11(7)9(3)13/h7-10,13-14H,5-6H2,1-4H3. The summed E-state index contributed by atoms with van der Waals surface area (Å²) in [6.07, 6.45) is -0.799. The number of rotatable bonds is 2. The maximum Gasteiger partial charge on any atom is 0.104 e. The Balaban J connectivity index is 2.62. The second-order valence-corrected chi connectivity index (χ2v) is 4.36. The monoisotopic (exact) mass is 202 g/mol. The molecule has 1 saturated heterocycles. The highest BCUT2D eigenvalue weighted by molar-refractivity contribution is 4.85. The van der Waals surface area contributed by atoms with E-state index in [9.17, 15) is 10.2 Å². The summed E-state index contributed by atoms with van der Waals surface area (Å²) in [4.78, 5) is 4.12. The van der Waals surface area contributed by atoms with Crippen molar-refractivity contribution in [1.82, 2.24) is 9.80 Å². The van der Waals surface area contributed by atoms with Gasteiger partial charge in [0.05, 0.1) is 0 Å². The first kappa shape index (κ1) is 11.9. The molecule has 4 nitrogen and oxygen atoms in total. The maximum absolute atomic E-state index is 9.54. The van der Waals surface area contributed by atoms with Crippen molar-refractivity contribution in [3.63, 3.8) is 0 Å². The van der Waals surface area contributed by atoms with Crippen molar-refractivity contribution < 1.29 is 10.2 Å². The Labute approximate surface area is 86.1 Å². The molecule has 2 N–H and O–H groups in total. The molecule has 1 heterocycles. The predicted octanol–water partition coefficient (Wildman–Crippen LogP) is 0.0576. The van der Waals surface area contributed by atoms with E-state index in [1.807, 2.05) is 0 Å². The first-order valence-corrected chi connectivity index (χ1v) is 5.31. The van der Waals surface area contributed by atoms with Crippen LogP contribution in [0.2, 0.25) is 0 Å². The van der Waals surface area contributed by atoms with Crippen molar-refractivity contribution in [2.75, 3.05) is 13.1 Å². The molecule has 84 valence electrons. The first-order chi connectivity index (χ1) is 6.43. The molecular formula is C10H22N2O2. The Hall–Kier alpha value is -0.160. The maximum atomic E-state index is 9.54. The number of hydrogen-bond donors (Lipinski definition) is 2. The number of piperazine rings is 1. The molecular weight excluding hydrogens is 180 g/mol. The zero-order chi connectivity index (χ0) is 10.9. The zero-order valence-corrected chi connectivity index (χ0v) is 9.51. The molecule has 1 aliphatic heterocycles. The van der Waals surface area contributed by atoms with E-state index in [4.69, 9.17) is 0 Å². The molecule has 0 aromatic rings. The third-order valence-electron chi connectivity index (χ3n) is 3.04. The lowest BCUT2D eigenvalue weighted by Crippen LogP contribution is -2.60. The fraction of sp³-hybridized carbons (Fsp3) is 1.00. The Morgan fingerprint density at radius 1 is 0.929 bits per heavy atom. The number of aliphatic hydroxyl groups excluding tert-OH is 2. The second-order valence-electron chi connectivity index (χ2n) is 4.36. The molecule has 1 aliphatic rings. The largest absolute Gasteiger partial charge is 0.379 e. The summed E-state index contributed by atoms with van der Waals surface area (Å²) in [5.41, 5.74) is 0. The smallest absolute Gasteiger partial charge is 0.104 e. The SMILES string of the molecule is CC(O)N1CC(C)N(C(C)O)CC1C. The van der Waals surface area contributed by atoms with Gasteiger partial charge in [0.15, 0.2) is 0 Å². The van der Waals surface area contributed by atoms with Crippen LogP contribution in [-0.2, 0) is 0 Å². The summed E-state index contributed by atoms with van der Waals surface area (Å²) < 4.78 is 0. The van der Waals surface area contributed by atoms with Gasteiger partial charge in [-0.1, -0.05) is 0 Å². The molecule has 4 heteroatoms. The molecule has 1 fully saturated rings. The van der Waals surface area contributed by atoms with Crippen LogP contribution in [0.5, 0.6) is 0 Å². The quantitative estimate of drug-likeness (QED) is 0.664. The van der Waals surface area contributed by atoms with Crippen LogP contribution in [0.15, 0.2) is 0 Å². The minimum Gasteiger partial charge on any atom is -0.379 e. The number of hydrogen-bond acceptors (Lipinski definition) is 4. The highest BCUT2D eigenvalue weighted by Crippen LogP contribution is 2.18. The van der Waals surface area contributed by atoms with E-state index in [0.717, 1.165) is 13.1 Å². The molecule has 0 amide bonds. The van der Waals surface area contributed by atoms with Gasteiger partial charge >= 0.3 is 0 Å². The minimum atomic E-state index is -0.399. The van der Waals surface area contributed by atoms with Crippen LogP contribution in [-0.4, -0.2) is 57.6 Å². The lowest BCUT2D eigenvalue weighted by atomic mass is 10.1. The highest BCUT2D eigenvalue weighted by atomic mass is 16.3. The van der Waals surface area contributed by atoms with Crippen LogP contribution in [0.1, 0.15) is 27.7 Å². The average Bonchev–Trinajstić information content (AvgIpc) is 2.07.